The van der Waals surface area contributed by atoms with Gasteiger partial charge in [0.1, 0.15) is 11.9 Å². The molecule has 0 bridgehead atoms. The van der Waals surface area contributed by atoms with Crippen LogP contribution in [0.3, 0.4) is 0 Å². The quantitative estimate of drug-likeness (QED) is 0.882. The van der Waals surface area contributed by atoms with Gasteiger partial charge in [-0.05, 0) is 18.2 Å². The molecular weight excluding hydrogens is 305 g/mol. The van der Waals surface area contributed by atoms with Crippen molar-refractivity contribution in [2.45, 2.75) is 13.0 Å². The zero-order valence-corrected chi connectivity index (χ0v) is 12.5. The largest absolute Gasteiger partial charge is 0.442 e. The van der Waals surface area contributed by atoms with Gasteiger partial charge < -0.3 is 15.0 Å². The van der Waals surface area contributed by atoms with E-state index in [0.717, 1.165) is 0 Å². The topological polar surface area (TPSA) is 79.0 Å². The SMILES string of the molecule is CC(=O)NCC1CN(c2ccc(N3CC(=O)C3)c(F)c2)C(=O)O1. The van der Waals surface area contributed by atoms with Gasteiger partial charge in [-0.1, -0.05) is 0 Å². The second-order valence-corrected chi connectivity index (χ2v) is 5.58. The van der Waals surface area contributed by atoms with Crippen LogP contribution in [0, 0.1) is 5.82 Å². The second-order valence-electron chi connectivity index (χ2n) is 5.58. The van der Waals surface area contributed by atoms with Crippen LogP contribution in [0.25, 0.3) is 0 Å². The van der Waals surface area contributed by atoms with Crippen molar-refractivity contribution < 1.29 is 23.5 Å². The predicted octanol–water partition coefficient (Wildman–Crippen LogP) is 0.676. The maximum absolute atomic E-state index is 14.2. The molecule has 0 saturated carbocycles. The van der Waals surface area contributed by atoms with Crippen molar-refractivity contribution in [2.75, 3.05) is 36.0 Å². The molecule has 2 saturated heterocycles. The molecule has 1 unspecified atom stereocenters. The van der Waals surface area contributed by atoms with Crippen molar-refractivity contribution >= 4 is 29.2 Å². The molecule has 2 fully saturated rings. The number of ether oxygens (including phenoxy) is 1. The van der Waals surface area contributed by atoms with Crippen molar-refractivity contribution in [2.24, 2.45) is 0 Å². The third-order valence-electron chi connectivity index (χ3n) is 3.77. The van der Waals surface area contributed by atoms with Gasteiger partial charge in [0.15, 0.2) is 5.78 Å². The van der Waals surface area contributed by atoms with Gasteiger partial charge >= 0.3 is 6.09 Å². The number of carbonyl (C=O) groups excluding carboxylic acids is 3. The first-order chi connectivity index (χ1) is 10.9. The highest BCUT2D eigenvalue weighted by molar-refractivity contribution is 5.96. The van der Waals surface area contributed by atoms with E-state index >= 15 is 0 Å². The molecule has 0 aliphatic carbocycles. The van der Waals surface area contributed by atoms with E-state index in [-0.39, 0.29) is 37.9 Å². The smallest absolute Gasteiger partial charge is 0.414 e. The van der Waals surface area contributed by atoms with Crippen LogP contribution in [0.1, 0.15) is 6.92 Å². The number of amides is 2. The molecule has 7 nitrogen and oxygen atoms in total. The fourth-order valence-corrected chi connectivity index (χ4v) is 2.57. The minimum Gasteiger partial charge on any atom is -0.442 e. The summed E-state index contributed by atoms with van der Waals surface area (Å²) in [4.78, 5) is 36.7. The number of hydrogen-bond donors (Lipinski definition) is 1. The van der Waals surface area contributed by atoms with Gasteiger partial charge in [0.25, 0.3) is 0 Å². The molecule has 23 heavy (non-hydrogen) atoms. The number of ketones is 1. The lowest BCUT2D eigenvalue weighted by Crippen LogP contribution is -2.47. The van der Waals surface area contributed by atoms with E-state index in [4.69, 9.17) is 4.74 Å². The summed E-state index contributed by atoms with van der Waals surface area (Å²) in [5, 5.41) is 2.58. The van der Waals surface area contributed by atoms with Crippen LogP contribution >= 0.6 is 0 Å². The van der Waals surface area contributed by atoms with Crippen molar-refractivity contribution in [1.29, 1.82) is 0 Å². The summed E-state index contributed by atoms with van der Waals surface area (Å²) in [5.74, 6) is -0.635. The summed E-state index contributed by atoms with van der Waals surface area (Å²) in [6.45, 7) is 2.25. The van der Waals surface area contributed by atoms with E-state index < -0.39 is 18.0 Å². The molecule has 2 aliphatic rings. The molecule has 1 aromatic carbocycles. The van der Waals surface area contributed by atoms with E-state index in [0.29, 0.717) is 11.4 Å². The Balaban J connectivity index is 1.69. The molecule has 2 amide bonds. The van der Waals surface area contributed by atoms with Gasteiger partial charge in [0.2, 0.25) is 5.91 Å². The summed E-state index contributed by atoms with van der Waals surface area (Å²) in [5.41, 5.74) is 0.726. The molecule has 2 aliphatic heterocycles. The summed E-state index contributed by atoms with van der Waals surface area (Å²) in [7, 11) is 0. The van der Waals surface area contributed by atoms with Crippen LogP contribution in [0.2, 0.25) is 0 Å². The number of nitrogens with zero attached hydrogens (tertiary/aromatic N) is 2. The number of benzene rings is 1. The lowest BCUT2D eigenvalue weighted by atomic mass is 10.1. The van der Waals surface area contributed by atoms with E-state index in [1.165, 1.54) is 17.9 Å². The molecule has 1 aromatic rings. The molecule has 0 radical (unpaired) electrons. The number of carbonyl (C=O) groups is 3. The van der Waals surface area contributed by atoms with Gasteiger partial charge in [-0.25, -0.2) is 9.18 Å². The van der Waals surface area contributed by atoms with Crippen molar-refractivity contribution in [1.82, 2.24) is 5.32 Å². The maximum atomic E-state index is 14.2. The Labute approximate surface area is 132 Å². The Morgan fingerprint density at radius 3 is 2.74 bits per heavy atom. The molecule has 1 atom stereocenters. The first kappa shape index (κ1) is 15.3. The number of anilines is 2. The van der Waals surface area contributed by atoms with Crippen LogP contribution in [0.15, 0.2) is 18.2 Å². The van der Waals surface area contributed by atoms with Crippen LogP contribution < -0.4 is 15.1 Å². The summed E-state index contributed by atoms with van der Waals surface area (Å²) in [6, 6.07) is 4.41. The van der Waals surface area contributed by atoms with Crippen LogP contribution in [0.4, 0.5) is 20.6 Å². The highest BCUT2D eigenvalue weighted by Crippen LogP contribution is 2.29. The average Bonchev–Trinajstić information content (AvgIpc) is 2.83. The van der Waals surface area contributed by atoms with Crippen LogP contribution in [-0.2, 0) is 14.3 Å². The van der Waals surface area contributed by atoms with Gasteiger partial charge in [0.05, 0.1) is 37.6 Å². The highest BCUT2D eigenvalue weighted by Gasteiger charge is 2.33. The highest BCUT2D eigenvalue weighted by atomic mass is 19.1. The number of rotatable bonds is 4. The first-order valence-electron chi connectivity index (χ1n) is 7.23. The molecular formula is C15H16FN3O4. The van der Waals surface area contributed by atoms with Gasteiger partial charge in [0, 0.05) is 6.92 Å². The molecule has 122 valence electrons. The lowest BCUT2D eigenvalue weighted by Gasteiger charge is -2.32. The summed E-state index contributed by atoms with van der Waals surface area (Å²) < 4.78 is 19.3. The number of hydrogen-bond acceptors (Lipinski definition) is 5. The summed E-state index contributed by atoms with van der Waals surface area (Å²) in [6.07, 6.45) is -1.05. The molecule has 2 heterocycles. The molecule has 8 heteroatoms. The Morgan fingerprint density at radius 2 is 2.13 bits per heavy atom. The maximum Gasteiger partial charge on any atom is 0.414 e. The normalized spacial score (nSPS) is 20.3. The second kappa shape index (κ2) is 5.86. The minimum absolute atomic E-state index is 0.0670. The van der Waals surface area contributed by atoms with Crippen molar-refractivity contribution in [3.8, 4) is 0 Å². The van der Waals surface area contributed by atoms with Crippen molar-refractivity contribution in [3.63, 3.8) is 0 Å². The molecule has 0 aromatic heterocycles. The Morgan fingerprint density at radius 1 is 1.39 bits per heavy atom. The average molecular weight is 321 g/mol. The van der Waals surface area contributed by atoms with E-state index in [2.05, 4.69) is 5.32 Å². The monoisotopic (exact) mass is 321 g/mol. The standard InChI is InChI=1S/C15H16FN3O4/c1-9(20)17-5-12-8-19(15(22)23-12)10-2-3-14(13(16)4-10)18-6-11(21)7-18/h2-4,12H,5-8H2,1H3,(H,17,20). The fourth-order valence-electron chi connectivity index (χ4n) is 2.57. The van der Waals surface area contributed by atoms with Gasteiger partial charge in [-0.3, -0.25) is 14.5 Å². The molecule has 1 N–H and O–H groups in total. The Kier molecular flexibility index (Phi) is 3.89. The predicted molar refractivity (Wildman–Crippen MR) is 79.9 cm³/mol. The molecule has 3 rings (SSSR count). The van der Waals surface area contributed by atoms with Crippen LogP contribution in [0.5, 0.6) is 0 Å². The Bertz CT molecular complexity index is 671. The molecule has 0 spiro atoms. The zero-order chi connectivity index (χ0) is 16.6. The minimum atomic E-state index is -0.577. The van der Waals surface area contributed by atoms with E-state index in [9.17, 15) is 18.8 Å². The first-order valence-corrected chi connectivity index (χ1v) is 7.23. The Hall–Kier alpha value is -2.64. The lowest BCUT2D eigenvalue weighted by molar-refractivity contribution is -0.120. The van der Waals surface area contributed by atoms with Gasteiger partial charge in [-0.2, -0.15) is 0 Å². The van der Waals surface area contributed by atoms with Gasteiger partial charge in [-0.15, -0.1) is 0 Å². The zero-order valence-electron chi connectivity index (χ0n) is 12.5. The van der Waals surface area contributed by atoms with E-state index in [1.54, 1.807) is 17.0 Å². The summed E-state index contributed by atoms with van der Waals surface area (Å²) >= 11 is 0. The number of cyclic esters (lactones) is 1. The van der Waals surface area contributed by atoms with Crippen molar-refractivity contribution in [3.05, 3.63) is 24.0 Å². The van der Waals surface area contributed by atoms with Crippen LogP contribution in [-0.4, -0.2) is 50.1 Å². The van der Waals surface area contributed by atoms with E-state index in [1.807, 2.05) is 0 Å². The number of nitrogens with one attached hydrogen (secondary N) is 1. The third kappa shape index (κ3) is 3.10. The third-order valence-corrected chi connectivity index (χ3v) is 3.77. The number of Topliss-reactive ketones (excluding diaryl/α,β-unsaturated/α-hetero) is 1. The fraction of sp³-hybridized carbons (Fsp3) is 0.400. The number of halogens is 1.